The third kappa shape index (κ3) is 5.99. The van der Waals surface area contributed by atoms with Crippen molar-refractivity contribution in [2.24, 2.45) is 0 Å². The fraction of sp³-hybridized carbons (Fsp3) is 0.750. The fourth-order valence-electron chi connectivity index (χ4n) is 0.246. The van der Waals surface area contributed by atoms with Crippen molar-refractivity contribution in [3.8, 4) is 0 Å². The van der Waals surface area contributed by atoms with E-state index in [4.69, 9.17) is 5.11 Å². The van der Waals surface area contributed by atoms with Crippen LogP contribution in [0.2, 0.25) is 4.82 Å². The number of carboxylic acids is 1. The van der Waals surface area contributed by atoms with E-state index in [1.807, 2.05) is 6.92 Å². The molecule has 3 heteroatoms. The number of hydrogen-bond donors (Lipinski definition) is 1. The van der Waals surface area contributed by atoms with Gasteiger partial charge in [0.2, 0.25) is 0 Å². The van der Waals surface area contributed by atoms with E-state index < -0.39 is 5.97 Å². The first-order valence-electron chi connectivity index (χ1n) is 2.00. The van der Waals surface area contributed by atoms with Gasteiger partial charge < -0.3 is 0 Å². The van der Waals surface area contributed by atoms with Gasteiger partial charge in [0.05, 0.1) is 0 Å². The number of aliphatic carboxylic acids is 1. The molecular weight excluding hydrogens is 159 g/mol. The molecule has 0 aliphatic heterocycles. The molecule has 0 saturated carbocycles. The molecule has 1 radical (unpaired) electrons. The van der Waals surface area contributed by atoms with E-state index in [0.29, 0.717) is 0 Å². The first-order valence-corrected chi connectivity index (χ1v) is 2.99. The standard InChI is InChI=1S/C4H7O2Se/c1-3(7)2-4(5)6/h3H,2H2,1H3,(H,5,6). The summed E-state index contributed by atoms with van der Waals surface area (Å²) in [5, 5.41) is 8.06. The molecule has 7 heavy (non-hydrogen) atoms. The van der Waals surface area contributed by atoms with Crippen LogP contribution in [-0.4, -0.2) is 27.1 Å². The monoisotopic (exact) mass is 167 g/mol. The Morgan fingerprint density at radius 3 is 2.43 bits per heavy atom. The minimum absolute atomic E-state index is 0.150. The topological polar surface area (TPSA) is 37.3 Å². The Morgan fingerprint density at radius 1 is 2.00 bits per heavy atom. The molecule has 0 aliphatic carbocycles. The maximum absolute atomic E-state index is 9.79. The quantitative estimate of drug-likeness (QED) is 0.604. The summed E-state index contributed by atoms with van der Waals surface area (Å²) in [5.74, 6) is -0.744. The fourth-order valence-corrected chi connectivity index (χ4v) is 0.545. The van der Waals surface area contributed by atoms with Gasteiger partial charge in [-0.3, -0.25) is 0 Å². The molecule has 1 unspecified atom stereocenters. The van der Waals surface area contributed by atoms with Crippen LogP contribution in [0.25, 0.3) is 0 Å². The summed E-state index contributed by atoms with van der Waals surface area (Å²) in [6.45, 7) is 1.83. The molecule has 0 amide bonds. The van der Waals surface area contributed by atoms with Gasteiger partial charge >= 0.3 is 50.0 Å². The number of carbonyl (C=O) groups is 1. The van der Waals surface area contributed by atoms with Crippen molar-refractivity contribution in [3.63, 3.8) is 0 Å². The molecule has 0 heterocycles. The zero-order valence-corrected chi connectivity index (χ0v) is 5.76. The third-order valence-electron chi connectivity index (χ3n) is 0.462. The molecule has 2 nitrogen and oxygen atoms in total. The molecule has 0 aliphatic rings. The summed E-state index contributed by atoms with van der Waals surface area (Å²) in [5.41, 5.74) is 0. The average molecular weight is 166 g/mol. The molecule has 0 aromatic carbocycles. The molecule has 0 rings (SSSR count). The zero-order chi connectivity index (χ0) is 5.86. The van der Waals surface area contributed by atoms with E-state index >= 15 is 0 Å². The van der Waals surface area contributed by atoms with Crippen molar-refractivity contribution < 1.29 is 9.90 Å². The molecule has 0 spiro atoms. The maximum atomic E-state index is 9.79. The number of hydrogen-bond acceptors (Lipinski definition) is 1. The van der Waals surface area contributed by atoms with Crippen LogP contribution >= 0.6 is 0 Å². The van der Waals surface area contributed by atoms with Gasteiger partial charge in [0, 0.05) is 0 Å². The van der Waals surface area contributed by atoms with Crippen molar-refractivity contribution in [3.05, 3.63) is 0 Å². The molecule has 41 valence electrons. The summed E-state index contributed by atoms with van der Waals surface area (Å²) in [7, 11) is 0. The summed E-state index contributed by atoms with van der Waals surface area (Å²) in [4.78, 5) is 9.94. The van der Waals surface area contributed by atoms with Crippen LogP contribution < -0.4 is 0 Å². The van der Waals surface area contributed by atoms with Crippen LogP contribution in [0.3, 0.4) is 0 Å². The third-order valence-corrected chi connectivity index (χ3v) is 0.812. The first-order chi connectivity index (χ1) is 3.13. The van der Waals surface area contributed by atoms with E-state index in [-0.39, 0.29) is 11.2 Å². The van der Waals surface area contributed by atoms with Crippen molar-refractivity contribution in [2.45, 2.75) is 18.2 Å². The van der Waals surface area contributed by atoms with E-state index in [1.165, 1.54) is 0 Å². The molecule has 0 aromatic heterocycles. The van der Waals surface area contributed by atoms with Gasteiger partial charge in [0.15, 0.2) is 0 Å². The van der Waals surface area contributed by atoms with Crippen molar-refractivity contribution in [1.29, 1.82) is 0 Å². The van der Waals surface area contributed by atoms with Crippen LogP contribution in [0.5, 0.6) is 0 Å². The molecule has 0 bridgehead atoms. The van der Waals surface area contributed by atoms with Crippen molar-refractivity contribution >= 4 is 22.0 Å². The molecule has 1 N–H and O–H groups in total. The SMILES string of the molecule is CC([Se])CC(=O)O. The van der Waals surface area contributed by atoms with E-state index in [9.17, 15) is 4.79 Å². The predicted molar refractivity (Wildman–Crippen MR) is 27.4 cm³/mol. The number of carboxylic acid groups (broad SMARTS) is 1. The second-order valence-electron chi connectivity index (χ2n) is 1.41. The average Bonchev–Trinajstić information content (AvgIpc) is 1.27. The molecule has 1 atom stereocenters. The van der Waals surface area contributed by atoms with Crippen LogP contribution in [-0.2, 0) is 4.79 Å². The van der Waals surface area contributed by atoms with E-state index in [2.05, 4.69) is 16.0 Å². The normalized spacial score (nSPS) is 13.4. The minimum atomic E-state index is -0.744. The second-order valence-corrected chi connectivity index (χ2v) is 3.10. The van der Waals surface area contributed by atoms with Gasteiger partial charge in [-0.15, -0.1) is 0 Å². The summed E-state index contributed by atoms with van der Waals surface area (Å²) in [6.07, 6.45) is 0.222. The summed E-state index contributed by atoms with van der Waals surface area (Å²) < 4.78 is 0. The zero-order valence-electron chi connectivity index (χ0n) is 4.05. The van der Waals surface area contributed by atoms with Crippen LogP contribution in [0.1, 0.15) is 13.3 Å². The van der Waals surface area contributed by atoms with Crippen LogP contribution in [0.4, 0.5) is 0 Å². The van der Waals surface area contributed by atoms with Crippen LogP contribution in [0, 0.1) is 0 Å². The Labute approximate surface area is 50.7 Å². The van der Waals surface area contributed by atoms with E-state index in [0.717, 1.165) is 0 Å². The second kappa shape index (κ2) is 3.05. The van der Waals surface area contributed by atoms with E-state index in [1.54, 1.807) is 0 Å². The Bertz CT molecular complexity index is 70.1. The van der Waals surface area contributed by atoms with Crippen LogP contribution in [0.15, 0.2) is 0 Å². The number of rotatable bonds is 2. The Morgan fingerprint density at radius 2 is 2.43 bits per heavy atom. The molecule has 0 saturated heterocycles. The molecule has 0 fully saturated rings. The van der Waals surface area contributed by atoms with Gasteiger partial charge in [-0.25, -0.2) is 0 Å². The van der Waals surface area contributed by atoms with Crippen molar-refractivity contribution in [1.82, 2.24) is 0 Å². The Balaban J connectivity index is 3.13. The Kier molecular flexibility index (Phi) is 3.05. The van der Waals surface area contributed by atoms with Crippen molar-refractivity contribution in [2.75, 3.05) is 0 Å². The molecule has 0 aromatic rings. The van der Waals surface area contributed by atoms with Gasteiger partial charge in [-0.05, 0) is 0 Å². The first kappa shape index (κ1) is 6.99. The predicted octanol–water partition coefficient (Wildman–Crippen LogP) is 0.438. The van der Waals surface area contributed by atoms with Gasteiger partial charge in [0.1, 0.15) is 0 Å². The summed E-state index contributed by atoms with van der Waals surface area (Å²) in [6, 6.07) is 0. The Hall–Kier alpha value is -0.0105. The summed E-state index contributed by atoms with van der Waals surface area (Å²) >= 11 is 2.69. The van der Waals surface area contributed by atoms with Gasteiger partial charge in [-0.1, -0.05) is 0 Å². The van der Waals surface area contributed by atoms with Gasteiger partial charge in [-0.2, -0.15) is 0 Å². The van der Waals surface area contributed by atoms with Gasteiger partial charge in [0.25, 0.3) is 0 Å². The molecular formula is C4H7O2Se.